The van der Waals surface area contributed by atoms with Crippen LogP contribution in [0, 0.1) is 0 Å². The molecular formula is C17H20N6O. The van der Waals surface area contributed by atoms with Crippen molar-refractivity contribution in [1.29, 1.82) is 0 Å². The number of aryl methyl sites for hydroxylation is 2. The summed E-state index contributed by atoms with van der Waals surface area (Å²) in [7, 11) is 0. The van der Waals surface area contributed by atoms with Crippen LogP contribution < -0.4 is 5.32 Å². The molecule has 3 aromatic rings. The molecule has 1 atom stereocenters. The molecule has 2 aromatic heterocycles. The van der Waals surface area contributed by atoms with Gasteiger partial charge in [-0.15, -0.1) is 0 Å². The molecule has 0 fully saturated rings. The van der Waals surface area contributed by atoms with E-state index >= 15 is 0 Å². The smallest absolute Gasteiger partial charge is 0.272 e. The lowest BCUT2D eigenvalue weighted by Gasteiger charge is -2.12. The van der Waals surface area contributed by atoms with Crippen LogP contribution >= 0.6 is 0 Å². The lowest BCUT2D eigenvalue weighted by molar-refractivity contribution is 0.0928. The van der Waals surface area contributed by atoms with E-state index in [4.69, 9.17) is 0 Å². The maximum atomic E-state index is 12.3. The summed E-state index contributed by atoms with van der Waals surface area (Å²) < 4.78 is 1.79. The molecule has 0 aliphatic carbocycles. The van der Waals surface area contributed by atoms with Crippen molar-refractivity contribution >= 4 is 5.91 Å². The van der Waals surface area contributed by atoms with Crippen LogP contribution in [0.3, 0.4) is 0 Å². The molecule has 3 rings (SSSR count). The van der Waals surface area contributed by atoms with Crippen LogP contribution in [0.25, 0.3) is 0 Å². The van der Waals surface area contributed by atoms with E-state index in [1.54, 1.807) is 10.7 Å². The number of amides is 1. The molecule has 2 N–H and O–H groups in total. The zero-order valence-corrected chi connectivity index (χ0v) is 13.5. The Morgan fingerprint density at radius 3 is 2.83 bits per heavy atom. The van der Waals surface area contributed by atoms with Crippen LogP contribution in [-0.2, 0) is 13.0 Å². The Bertz CT molecular complexity index is 766. The van der Waals surface area contributed by atoms with Crippen LogP contribution in [0.4, 0.5) is 0 Å². The monoisotopic (exact) mass is 324 g/mol. The molecule has 2 heterocycles. The summed E-state index contributed by atoms with van der Waals surface area (Å²) in [4.78, 5) is 16.4. The highest BCUT2D eigenvalue weighted by atomic mass is 16.2. The first-order valence-corrected chi connectivity index (χ1v) is 7.99. The van der Waals surface area contributed by atoms with Gasteiger partial charge in [0.1, 0.15) is 17.8 Å². The number of nitrogens with one attached hydrogen (secondary N) is 2. The zero-order chi connectivity index (χ0) is 16.8. The molecule has 0 radical (unpaired) electrons. The molecule has 1 unspecified atom stereocenters. The van der Waals surface area contributed by atoms with Gasteiger partial charge >= 0.3 is 0 Å². The van der Waals surface area contributed by atoms with Crippen molar-refractivity contribution in [3.8, 4) is 0 Å². The number of hydrogen-bond donors (Lipinski definition) is 2. The number of hydrogen-bond acceptors (Lipinski definition) is 4. The van der Waals surface area contributed by atoms with Gasteiger partial charge in [-0.25, -0.2) is 4.98 Å². The van der Waals surface area contributed by atoms with Gasteiger partial charge in [-0.2, -0.15) is 10.2 Å². The van der Waals surface area contributed by atoms with Gasteiger partial charge in [0.05, 0.1) is 6.04 Å². The van der Waals surface area contributed by atoms with E-state index < -0.39 is 0 Å². The Balaban J connectivity index is 1.59. The molecule has 0 spiro atoms. The summed E-state index contributed by atoms with van der Waals surface area (Å²) in [6.07, 6.45) is 4.85. The van der Waals surface area contributed by atoms with E-state index in [9.17, 15) is 4.79 Å². The molecule has 0 saturated carbocycles. The van der Waals surface area contributed by atoms with Crippen molar-refractivity contribution in [3.05, 3.63) is 66.0 Å². The molecule has 7 nitrogen and oxygen atoms in total. The first kappa shape index (κ1) is 15.9. The molecule has 0 saturated heterocycles. The van der Waals surface area contributed by atoms with Crippen molar-refractivity contribution < 1.29 is 4.79 Å². The second-order valence-electron chi connectivity index (χ2n) is 5.50. The predicted molar refractivity (Wildman–Crippen MR) is 89.3 cm³/mol. The van der Waals surface area contributed by atoms with Crippen molar-refractivity contribution in [3.63, 3.8) is 0 Å². The van der Waals surface area contributed by atoms with Crippen molar-refractivity contribution in [2.75, 3.05) is 0 Å². The van der Waals surface area contributed by atoms with Gasteiger partial charge in [-0.1, -0.05) is 37.3 Å². The van der Waals surface area contributed by atoms with Gasteiger partial charge in [0.25, 0.3) is 5.91 Å². The molecule has 124 valence electrons. The zero-order valence-electron chi connectivity index (χ0n) is 13.5. The third-order valence-corrected chi connectivity index (χ3v) is 3.82. The molecule has 1 amide bonds. The predicted octanol–water partition coefficient (Wildman–Crippen LogP) is 2.12. The minimum absolute atomic E-state index is 0.200. The standard InChI is InChI=1S/C17H20N6O/c1-2-14(16-18-12-19-21-16)20-17(24)15-9-11-23(22-15)10-8-13-6-4-3-5-7-13/h3-7,9,11-12,14H,2,8,10H2,1H3,(H,20,24)(H,18,19,21). The Labute approximate surface area is 140 Å². The minimum Gasteiger partial charge on any atom is -0.341 e. The molecule has 7 heteroatoms. The number of aromatic amines is 1. The molecule has 1 aromatic carbocycles. The van der Waals surface area contributed by atoms with E-state index in [1.807, 2.05) is 31.3 Å². The summed E-state index contributed by atoms with van der Waals surface area (Å²) >= 11 is 0. The van der Waals surface area contributed by atoms with Gasteiger partial charge in [0.15, 0.2) is 0 Å². The summed E-state index contributed by atoms with van der Waals surface area (Å²) in [5.74, 6) is 0.436. The van der Waals surface area contributed by atoms with E-state index in [-0.39, 0.29) is 11.9 Å². The molecule has 0 bridgehead atoms. The van der Waals surface area contributed by atoms with Gasteiger partial charge in [0.2, 0.25) is 0 Å². The molecule has 0 aliphatic rings. The number of rotatable bonds is 7. The average molecular weight is 324 g/mol. The van der Waals surface area contributed by atoms with E-state index in [0.717, 1.165) is 19.4 Å². The summed E-state index contributed by atoms with van der Waals surface area (Å²) in [6.45, 7) is 2.71. The maximum Gasteiger partial charge on any atom is 0.272 e. The van der Waals surface area contributed by atoms with E-state index in [0.29, 0.717) is 11.5 Å². The second kappa shape index (κ2) is 7.54. The van der Waals surface area contributed by atoms with Crippen LogP contribution in [0.15, 0.2) is 48.9 Å². The summed E-state index contributed by atoms with van der Waals surface area (Å²) in [5, 5.41) is 13.9. The largest absolute Gasteiger partial charge is 0.341 e. The molecule has 24 heavy (non-hydrogen) atoms. The third kappa shape index (κ3) is 3.87. The van der Waals surface area contributed by atoms with Crippen LogP contribution in [0.2, 0.25) is 0 Å². The normalized spacial score (nSPS) is 12.0. The molecule has 0 aliphatic heterocycles. The maximum absolute atomic E-state index is 12.3. The number of H-pyrrole nitrogens is 1. The van der Waals surface area contributed by atoms with Crippen molar-refractivity contribution in [1.82, 2.24) is 30.3 Å². The Morgan fingerprint density at radius 2 is 2.12 bits per heavy atom. The number of aromatic nitrogens is 5. The summed E-state index contributed by atoms with van der Waals surface area (Å²) in [6, 6.07) is 11.7. The summed E-state index contributed by atoms with van der Waals surface area (Å²) in [5.41, 5.74) is 1.65. The SMILES string of the molecule is CCC(NC(=O)c1ccn(CCc2ccccc2)n1)c1ncn[nH]1. The Kier molecular flexibility index (Phi) is 5.00. The number of carbonyl (C=O) groups excluding carboxylic acids is 1. The fraction of sp³-hybridized carbons (Fsp3) is 0.294. The van der Waals surface area contributed by atoms with Crippen molar-refractivity contribution in [2.24, 2.45) is 0 Å². The lowest BCUT2D eigenvalue weighted by Crippen LogP contribution is -2.29. The van der Waals surface area contributed by atoms with Crippen LogP contribution in [0.5, 0.6) is 0 Å². The van der Waals surface area contributed by atoms with E-state index in [1.165, 1.54) is 11.9 Å². The second-order valence-corrected chi connectivity index (χ2v) is 5.50. The topological polar surface area (TPSA) is 88.5 Å². The highest BCUT2D eigenvalue weighted by molar-refractivity contribution is 5.92. The highest BCUT2D eigenvalue weighted by Crippen LogP contribution is 2.11. The highest BCUT2D eigenvalue weighted by Gasteiger charge is 2.18. The van der Waals surface area contributed by atoms with Gasteiger partial charge in [0, 0.05) is 12.7 Å². The minimum atomic E-state index is -0.211. The number of benzene rings is 1. The Morgan fingerprint density at radius 1 is 1.29 bits per heavy atom. The van der Waals surface area contributed by atoms with Gasteiger partial charge in [-0.3, -0.25) is 14.6 Å². The van der Waals surface area contributed by atoms with Gasteiger partial charge in [-0.05, 0) is 24.5 Å². The van der Waals surface area contributed by atoms with Crippen LogP contribution in [-0.4, -0.2) is 30.9 Å². The molecular weight excluding hydrogens is 304 g/mol. The average Bonchev–Trinajstić information content (AvgIpc) is 3.30. The Hall–Kier alpha value is -2.96. The fourth-order valence-electron chi connectivity index (χ4n) is 2.47. The van der Waals surface area contributed by atoms with E-state index in [2.05, 4.69) is 37.7 Å². The first-order chi connectivity index (χ1) is 11.8. The quantitative estimate of drug-likeness (QED) is 0.697. The fourth-order valence-corrected chi connectivity index (χ4v) is 2.47. The third-order valence-electron chi connectivity index (χ3n) is 3.82. The number of nitrogens with zero attached hydrogens (tertiary/aromatic N) is 4. The van der Waals surface area contributed by atoms with Crippen LogP contribution in [0.1, 0.15) is 41.3 Å². The lowest BCUT2D eigenvalue weighted by atomic mass is 10.2. The van der Waals surface area contributed by atoms with Gasteiger partial charge < -0.3 is 5.32 Å². The first-order valence-electron chi connectivity index (χ1n) is 7.99. The number of carbonyl (C=O) groups is 1. The van der Waals surface area contributed by atoms with Crippen molar-refractivity contribution in [2.45, 2.75) is 32.4 Å².